The van der Waals surface area contributed by atoms with Crippen LogP contribution in [0.25, 0.3) is 0 Å². The first-order chi connectivity index (χ1) is 12.6. The molecule has 1 fully saturated rings. The summed E-state index contributed by atoms with van der Waals surface area (Å²) in [6.07, 6.45) is 4.38. The number of carboxylic acids is 1. The van der Waals surface area contributed by atoms with Crippen molar-refractivity contribution in [3.05, 3.63) is 0 Å². The van der Waals surface area contributed by atoms with E-state index < -0.39 is 23.7 Å². The molecule has 0 saturated heterocycles. The molecule has 9 heteroatoms. The zero-order valence-electron chi connectivity index (χ0n) is 16.6. The first-order valence-corrected chi connectivity index (χ1v) is 9.40. The Hall–Kier alpha value is -2.32. The number of carbonyl (C=O) groups excluding carboxylic acids is 2. The number of carbonyl (C=O) groups is 3. The van der Waals surface area contributed by atoms with E-state index in [1.54, 1.807) is 20.8 Å². The lowest BCUT2D eigenvalue weighted by Gasteiger charge is -2.26. The average molecular weight is 384 g/mol. The van der Waals surface area contributed by atoms with Crippen LogP contribution in [0, 0.1) is 11.8 Å². The minimum atomic E-state index is -0.737. The van der Waals surface area contributed by atoms with Gasteiger partial charge in [-0.15, -0.1) is 0 Å². The average Bonchev–Trinajstić information content (AvgIpc) is 2.57. The number of rotatable bonds is 7. The number of nitrogens with one attached hydrogen (secondary N) is 3. The molecular weight excluding hydrogens is 352 g/mol. The van der Waals surface area contributed by atoms with Gasteiger partial charge in [0.25, 0.3) is 0 Å². The maximum absolute atomic E-state index is 11.8. The molecule has 0 heterocycles. The molecule has 1 aliphatic rings. The van der Waals surface area contributed by atoms with Crippen LogP contribution in [0.1, 0.15) is 59.8 Å². The summed E-state index contributed by atoms with van der Waals surface area (Å²) in [4.78, 5) is 34.5. The summed E-state index contributed by atoms with van der Waals surface area (Å²) >= 11 is 0. The molecular formula is C18H32N4O5. The molecule has 0 aromatic heterocycles. The molecule has 27 heavy (non-hydrogen) atoms. The fourth-order valence-electron chi connectivity index (χ4n) is 2.78. The van der Waals surface area contributed by atoms with Gasteiger partial charge in [0.2, 0.25) is 0 Å². The third kappa shape index (κ3) is 9.81. The van der Waals surface area contributed by atoms with Gasteiger partial charge in [0, 0.05) is 12.8 Å². The highest BCUT2D eigenvalue weighted by Crippen LogP contribution is 2.28. The van der Waals surface area contributed by atoms with E-state index in [2.05, 4.69) is 21.2 Å². The lowest BCUT2D eigenvalue weighted by Crippen LogP contribution is -2.41. The van der Waals surface area contributed by atoms with E-state index in [0.29, 0.717) is 25.8 Å². The highest BCUT2D eigenvalue weighted by molar-refractivity contribution is 5.78. The first kappa shape index (κ1) is 22.7. The lowest BCUT2D eigenvalue weighted by atomic mass is 9.82. The number of nitrogens with zero attached hydrogens (tertiary/aromatic N) is 1. The Morgan fingerprint density at radius 2 is 1.85 bits per heavy atom. The second-order valence-electron chi connectivity index (χ2n) is 7.82. The van der Waals surface area contributed by atoms with Crippen LogP contribution in [0.2, 0.25) is 0 Å². The molecule has 3 amide bonds. The van der Waals surface area contributed by atoms with Gasteiger partial charge in [-0.3, -0.25) is 4.79 Å². The highest BCUT2D eigenvalue weighted by atomic mass is 16.6. The number of ether oxygens (including phenoxy) is 1. The summed E-state index contributed by atoms with van der Waals surface area (Å²) in [5.74, 6) is -0.713. The number of amides is 3. The Kier molecular flexibility index (Phi) is 9.04. The fraction of sp³-hybridized carbons (Fsp3) is 0.778. The topological polar surface area (TPSA) is 129 Å². The van der Waals surface area contributed by atoms with Gasteiger partial charge < -0.3 is 20.5 Å². The van der Waals surface area contributed by atoms with E-state index in [0.717, 1.165) is 12.8 Å². The first-order valence-electron chi connectivity index (χ1n) is 9.40. The number of hydrogen-bond acceptors (Lipinski definition) is 5. The van der Waals surface area contributed by atoms with Gasteiger partial charge >= 0.3 is 18.1 Å². The van der Waals surface area contributed by atoms with E-state index >= 15 is 0 Å². The van der Waals surface area contributed by atoms with Gasteiger partial charge in [-0.2, -0.15) is 5.10 Å². The third-order valence-corrected chi connectivity index (χ3v) is 4.31. The van der Waals surface area contributed by atoms with E-state index in [1.165, 1.54) is 6.21 Å². The summed E-state index contributed by atoms with van der Waals surface area (Å²) in [5, 5.41) is 18.2. The molecule has 154 valence electrons. The van der Waals surface area contributed by atoms with Crippen molar-refractivity contribution < 1.29 is 24.2 Å². The van der Waals surface area contributed by atoms with Crippen LogP contribution in [0.3, 0.4) is 0 Å². The second kappa shape index (κ2) is 10.7. The van der Waals surface area contributed by atoms with Crippen molar-refractivity contribution in [1.82, 2.24) is 16.1 Å². The molecule has 0 aromatic rings. The van der Waals surface area contributed by atoms with E-state index in [9.17, 15) is 14.4 Å². The van der Waals surface area contributed by atoms with Crippen molar-refractivity contribution in [3.63, 3.8) is 0 Å². The van der Waals surface area contributed by atoms with E-state index in [-0.39, 0.29) is 17.9 Å². The quantitative estimate of drug-likeness (QED) is 0.396. The fourth-order valence-corrected chi connectivity index (χ4v) is 2.78. The third-order valence-electron chi connectivity index (χ3n) is 4.31. The van der Waals surface area contributed by atoms with Crippen LogP contribution in [-0.2, 0) is 9.53 Å². The second-order valence-corrected chi connectivity index (χ2v) is 7.82. The molecule has 0 aromatic carbocycles. The predicted molar refractivity (Wildman–Crippen MR) is 102 cm³/mol. The Labute approximate surface area is 160 Å². The Morgan fingerprint density at radius 1 is 1.22 bits per heavy atom. The van der Waals surface area contributed by atoms with Crippen molar-refractivity contribution >= 4 is 24.3 Å². The van der Waals surface area contributed by atoms with Gasteiger partial charge in [0.05, 0.1) is 12.0 Å². The molecule has 1 aliphatic carbocycles. The van der Waals surface area contributed by atoms with Gasteiger partial charge in [-0.1, -0.05) is 6.92 Å². The molecule has 0 radical (unpaired) electrons. The summed E-state index contributed by atoms with van der Waals surface area (Å²) in [6.45, 7) is 7.70. The summed E-state index contributed by atoms with van der Waals surface area (Å²) < 4.78 is 5.18. The van der Waals surface area contributed by atoms with Crippen molar-refractivity contribution in [2.24, 2.45) is 16.9 Å². The minimum Gasteiger partial charge on any atom is -0.481 e. The summed E-state index contributed by atoms with van der Waals surface area (Å²) in [7, 11) is 0. The maximum Gasteiger partial charge on any atom is 0.408 e. The largest absolute Gasteiger partial charge is 0.481 e. The predicted octanol–water partition coefficient (Wildman–Crippen LogP) is 2.47. The molecule has 1 atom stereocenters. The van der Waals surface area contributed by atoms with Crippen LogP contribution in [0.4, 0.5) is 9.59 Å². The van der Waals surface area contributed by atoms with Gasteiger partial charge in [0.15, 0.2) is 0 Å². The maximum atomic E-state index is 11.8. The molecule has 4 N–H and O–H groups in total. The van der Waals surface area contributed by atoms with Crippen LogP contribution >= 0.6 is 0 Å². The smallest absolute Gasteiger partial charge is 0.408 e. The van der Waals surface area contributed by atoms with Gasteiger partial charge in [-0.25, -0.2) is 15.0 Å². The molecule has 1 rings (SSSR count). The van der Waals surface area contributed by atoms with E-state index in [4.69, 9.17) is 9.84 Å². The molecule has 0 spiro atoms. The number of alkyl carbamates (subject to hydrolysis) is 1. The van der Waals surface area contributed by atoms with Gasteiger partial charge in [-0.05, 0) is 58.8 Å². The number of hydrazone groups is 1. The number of carboxylic acid groups (broad SMARTS) is 1. The molecule has 0 unspecified atom stereocenters. The van der Waals surface area contributed by atoms with Gasteiger partial charge in [0.1, 0.15) is 5.60 Å². The van der Waals surface area contributed by atoms with Crippen LogP contribution in [0.15, 0.2) is 5.10 Å². The van der Waals surface area contributed by atoms with Crippen molar-refractivity contribution in [2.45, 2.75) is 71.4 Å². The van der Waals surface area contributed by atoms with Crippen LogP contribution in [0.5, 0.6) is 0 Å². The normalized spacial score (nSPS) is 21.3. The number of aliphatic carboxylic acids is 1. The Bertz CT molecular complexity index is 536. The van der Waals surface area contributed by atoms with Crippen molar-refractivity contribution in [3.8, 4) is 0 Å². The molecule has 1 saturated carbocycles. The molecule has 0 bridgehead atoms. The van der Waals surface area contributed by atoms with E-state index in [1.807, 2.05) is 6.92 Å². The zero-order chi connectivity index (χ0) is 20.4. The minimum absolute atomic E-state index is 0.261. The van der Waals surface area contributed by atoms with Crippen LogP contribution < -0.4 is 16.1 Å². The van der Waals surface area contributed by atoms with Crippen molar-refractivity contribution in [2.75, 3.05) is 6.54 Å². The lowest BCUT2D eigenvalue weighted by molar-refractivity contribution is -0.143. The summed E-state index contributed by atoms with van der Waals surface area (Å²) in [6, 6.07) is -0.787. The standard InChI is InChI=1S/C18H32N4O5/c1-5-14(21-17(26)27-18(2,3)4)11-20-22-16(25)19-10-12-6-8-13(9-7-12)15(23)24/h11-14H,5-10H2,1-4H3,(H,21,26)(H,23,24)(H2,19,22,25)/b20-11+/t12?,13?,14-/m0/s1. The molecule has 9 nitrogen and oxygen atoms in total. The number of urea groups is 1. The van der Waals surface area contributed by atoms with Crippen LogP contribution in [-0.4, -0.2) is 47.6 Å². The zero-order valence-corrected chi connectivity index (χ0v) is 16.6. The number of hydrogen-bond donors (Lipinski definition) is 4. The highest BCUT2D eigenvalue weighted by Gasteiger charge is 2.26. The Morgan fingerprint density at radius 3 is 2.37 bits per heavy atom. The molecule has 0 aliphatic heterocycles. The summed E-state index contributed by atoms with van der Waals surface area (Å²) in [5.41, 5.74) is 1.79. The van der Waals surface area contributed by atoms with Crippen molar-refractivity contribution in [1.29, 1.82) is 0 Å². The monoisotopic (exact) mass is 384 g/mol. The SMILES string of the molecule is CC[C@@H](/C=N/NC(=O)NCC1CCC(C(=O)O)CC1)NC(=O)OC(C)(C)C. The Balaban J connectivity index is 2.27.